The SMILES string of the molecule is Cc1cc(C(=O)O)cc(Sc2ncnc3ccccc23)n1. The molecule has 0 aliphatic heterocycles. The molecule has 21 heavy (non-hydrogen) atoms. The minimum absolute atomic E-state index is 0.225. The van der Waals surface area contributed by atoms with E-state index >= 15 is 0 Å². The molecule has 0 spiro atoms. The molecule has 0 saturated heterocycles. The quantitative estimate of drug-likeness (QED) is 0.748. The van der Waals surface area contributed by atoms with Crippen molar-refractivity contribution in [3.63, 3.8) is 0 Å². The summed E-state index contributed by atoms with van der Waals surface area (Å²) in [5.74, 6) is -0.963. The Labute approximate surface area is 125 Å². The Morgan fingerprint density at radius 2 is 2.00 bits per heavy atom. The summed E-state index contributed by atoms with van der Waals surface area (Å²) >= 11 is 1.34. The van der Waals surface area contributed by atoms with Crippen molar-refractivity contribution in [3.05, 3.63) is 54.0 Å². The van der Waals surface area contributed by atoms with Gasteiger partial charge in [0.1, 0.15) is 16.4 Å². The molecule has 0 radical (unpaired) electrons. The summed E-state index contributed by atoms with van der Waals surface area (Å²) < 4.78 is 0. The summed E-state index contributed by atoms with van der Waals surface area (Å²) in [5.41, 5.74) is 1.74. The minimum atomic E-state index is -0.963. The topological polar surface area (TPSA) is 76.0 Å². The summed E-state index contributed by atoms with van der Waals surface area (Å²) in [6.07, 6.45) is 1.50. The molecule has 2 heterocycles. The maximum Gasteiger partial charge on any atom is 0.335 e. The van der Waals surface area contributed by atoms with Gasteiger partial charge in [-0.15, -0.1) is 0 Å². The second-order valence-electron chi connectivity index (χ2n) is 4.44. The number of carboxylic acids is 1. The fraction of sp³-hybridized carbons (Fsp3) is 0.0667. The molecule has 0 bridgehead atoms. The molecule has 104 valence electrons. The van der Waals surface area contributed by atoms with E-state index in [2.05, 4.69) is 15.0 Å². The molecular formula is C15H11N3O2S. The lowest BCUT2D eigenvalue weighted by molar-refractivity contribution is 0.0696. The number of hydrogen-bond acceptors (Lipinski definition) is 5. The van der Waals surface area contributed by atoms with Crippen LogP contribution in [-0.4, -0.2) is 26.0 Å². The average molecular weight is 297 g/mol. The third-order valence-electron chi connectivity index (χ3n) is 2.88. The molecule has 0 atom stereocenters. The third-order valence-corrected chi connectivity index (χ3v) is 3.82. The first kappa shape index (κ1) is 13.5. The van der Waals surface area contributed by atoms with Crippen molar-refractivity contribution >= 4 is 28.6 Å². The number of aromatic carboxylic acids is 1. The Bertz CT molecular complexity index is 831. The lowest BCUT2D eigenvalue weighted by Crippen LogP contribution is -1.99. The molecule has 6 heteroatoms. The van der Waals surface area contributed by atoms with Crippen LogP contribution in [-0.2, 0) is 0 Å². The Hall–Kier alpha value is -2.47. The van der Waals surface area contributed by atoms with Crippen molar-refractivity contribution in [1.29, 1.82) is 0 Å². The summed E-state index contributed by atoms with van der Waals surface area (Å²) in [7, 11) is 0. The Balaban J connectivity index is 2.05. The van der Waals surface area contributed by atoms with E-state index in [0.29, 0.717) is 10.7 Å². The van der Waals surface area contributed by atoms with E-state index in [9.17, 15) is 4.79 Å². The summed E-state index contributed by atoms with van der Waals surface area (Å²) in [4.78, 5) is 23.9. The van der Waals surface area contributed by atoms with Crippen LogP contribution in [0.15, 0.2) is 52.8 Å². The minimum Gasteiger partial charge on any atom is -0.478 e. The molecule has 0 saturated carbocycles. The van der Waals surface area contributed by atoms with Crippen LogP contribution in [0.3, 0.4) is 0 Å². The van der Waals surface area contributed by atoms with Crippen LogP contribution in [0.4, 0.5) is 0 Å². The molecule has 0 unspecified atom stereocenters. The molecule has 3 rings (SSSR count). The van der Waals surface area contributed by atoms with E-state index in [-0.39, 0.29) is 5.56 Å². The second kappa shape index (κ2) is 5.49. The van der Waals surface area contributed by atoms with Crippen LogP contribution < -0.4 is 0 Å². The van der Waals surface area contributed by atoms with Crippen molar-refractivity contribution in [2.24, 2.45) is 0 Å². The van der Waals surface area contributed by atoms with E-state index in [1.54, 1.807) is 19.1 Å². The molecule has 0 amide bonds. The number of aromatic nitrogens is 3. The van der Waals surface area contributed by atoms with Crippen molar-refractivity contribution in [3.8, 4) is 0 Å². The number of carbonyl (C=O) groups is 1. The van der Waals surface area contributed by atoms with Gasteiger partial charge >= 0.3 is 5.97 Å². The van der Waals surface area contributed by atoms with E-state index < -0.39 is 5.97 Å². The van der Waals surface area contributed by atoms with Gasteiger partial charge in [-0.05, 0) is 36.9 Å². The average Bonchev–Trinajstić information content (AvgIpc) is 2.47. The molecule has 0 aliphatic rings. The molecule has 1 N–H and O–H groups in total. The van der Waals surface area contributed by atoms with Crippen molar-refractivity contribution in [2.45, 2.75) is 17.0 Å². The van der Waals surface area contributed by atoms with Gasteiger partial charge in [-0.25, -0.2) is 19.7 Å². The normalized spacial score (nSPS) is 10.7. The number of aryl methyl sites for hydroxylation is 1. The zero-order valence-corrected chi connectivity index (χ0v) is 12.0. The first-order valence-corrected chi connectivity index (χ1v) is 7.05. The summed E-state index contributed by atoms with van der Waals surface area (Å²) in [6.45, 7) is 1.77. The van der Waals surface area contributed by atoms with E-state index in [4.69, 9.17) is 5.11 Å². The molecule has 3 aromatic rings. The molecule has 0 aliphatic carbocycles. The maximum atomic E-state index is 11.1. The van der Waals surface area contributed by atoms with Gasteiger partial charge in [0, 0.05) is 11.1 Å². The summed E-state index contributed by atoms with van der Waals surface area (Å²) in [6, 6.07) is 10.8. The highest BCUT2D eigenvalue weighted by Crippen LogP contribution is 2.30. The number of benzene rings is 1. The van der Waals surface area contributed by atoms with Gasteiger partial charge in [-0.3, -0.25) is 0 Å². The van der Waals surface area contributed by atoms with Gasteiger partial charge in [0.15, 0.2) is 0 Å². The maximum absolute atomic E-state index is 11.1. The number of hydrogen-bond donors (Lipinski definition) is 1. The van der Waals surface area contributed by atoms with Crippen molar-refractivity contribution in [2.75, 3.05) is 0 Å². The van der Waals surface area contributed by atoms with Gasteiger partial charge in [0.2, 0.25) is 0 Å². The Kier molecular flexibility index (Phi) is 3.53. The molecule has 0 fully saturated rings. The Morgan fingerprint density at radius 1 is 1.19 bits per heavy atom. The zero-order valence-electron chi connectivity index (χ0n) is 11.1. The van der Waals surface area contributed by atoms with Gasteiger partial charge < -0.3 is 5.11 Å². The number of rotatable bonds is 3. The molecule has 1 aromatic carbocycles. The van der Waals surface area contributed by atoms with Crippen LogP contribution in [0.5, 0.6) is 0 Å². The van der Waals surface area contributed by atoms with E-state index in [1.807, 2.05) is 24.3 Å². The van der Waals surface area contributed by atoms with Crippen LogP contribution in [0.25, 0.3) is 10.9 Å². The fourth-order valence-electron chi connectivity index (χ4n) is 1.97. The highest BCUT2D eigenvalue weighted by molar-refractivity contribution is 7.99. The number of para-hydroxylation sites is 1. The highest BCUT2D eigenvalue weighted by Gasteiger charge is 2.10. The van der Waals surface area contributed by atoms with Crippen LogP contribution >= 0.6 is 11.8 Å². The van der Waals surface area contributed by atoms with Crippen molar-refractivity contribution in [1.82, 2.24) is 15.0 Å². The van der Waals surface area contributed by atoms with E-state index in [1.165, 1.54) is 18.1 Å². The van der Waals surface area contributed by atoms with Crippen molar-refractivity contribution < 1.29 is 9.90 Å². The second-order valence-corrected chi connectivity index (χ2v) is 5.45. The predicted molar refractivity (Wildman–Crippen MR) is 79.6 cm³/mol. The van der Waals surface area contributed by atoms with Gasteiger partial charge in [-0.2, -0.15) is 0 Å². The summed E-state index contributed by atoms with van der Waals surface area (Å²) in [5, 5.41) is 11.4. The number of nitrogens with zero attached hydrogens (tertiary/aromatic N) is 3. The lowest BCUT2D eigenvalue weighted by Gasteiger charge is -2.06. The third kappa shape index (κ3) is 2.85. The van der Waals surface area contributed by atoms with Gasteiger partial charge in [0.25, 0.3) is 0 Å². The van der Waals surface area contributed by atoms with Crippen LogP contribution in [0, 0.1) is 6.92 Å². The van der Waals surface area contributed by atoms with Crippen LogP contribution in [0.2, 0.25) is 0 Å². The van der Waals surface area contributed by atoms with Crippen LogP contribution in [0.1, 0.15) is 16.1 Å². The fourth-order valence-corrected chi connectivity index (χ4v) is 2.93. The van der Waals surface area contributed by atoms with Gasteiger partial charge in [-0.1, -0.05) is 18.2 Å². The largest absolute Gasteiger partial charge is 0.478 e. The van der Waals surface area contributed by atoms with Gasteiger partial charge in [0.05, 0.1) is 11.1 Å². The first-order chi connectivity index (χ1) is 10.1. The smallest absolute Gasteiger partial charge is 0.335 e. The standard InChI is InChI=1S/C15H11N3O2S/c1-9-6-10(15(19)20)7-13(18-9)21-14-11-4-2-3-5-12(11)16-8-17-14/h2-8H,1H3,(H,19,20). The molecular weight excluding hydrogens is 286 g/mol. The highest BCUT2D eigenvalue weighted by atomic mass is 32.2. The van der Waals surface area contributed by atoms with E-state index in [0.717, 1.165) is 15.9 Å². The molecule has 2 aromatic heterocycles. The number of fused-ring (bicyclic) bond motifs is 1. The lowest BCUT2D eigenvalue weighted by atomic mass is 10.2. The first-order valence-electron chi connectivity index (χ1n) is 6.23. The Morgan fingerprint density at radius 3 is 2.81 bits per heavy atom. The molecule has 5 nitrogen and oxygen atoms in total. The number of carboxylic acid groups (broad SMARTS) is 1. The number of pyridine rings is 1. The monoisotopic (exact) mass is 297 g/mol. The zero-order chi connectivity index (χ0) is 14.8. The predicted octanol–water partition coefficient (Wildman–Crippen LogP) is 3.18.